The largest absolute Gasteiger partial charge is 0.490 e. The van der Waals surface area contributed by atoms with Crippen molar-refractivity contribution in [2.24, 2.45) is 5.73 Å². The normalized spacial score (nSPS) is 12.5. The molecule has 0 aliphatic heterocycles. The molecule has 1 aromatic carbocycles. The average Bonchev–Trinajstić information content (AvgIpc) is 2.30. The maximum atomic E-state index is 13.6. The Morgan fingerprint density at radius 2 is 2.12 bits per heavy atom. The Morgan fingerprint density at radius 1 is 1.35 bits per heavy atom. The molecular formula is C13H20FNO2. The van der Waals surface area contributed by atoms with E-state index in [2.05, 4.69) is 0 Å². The molecule has 96 valence electrons. The SMILES string of the molecule is CCOCCCOc1ccc([C@@H](C)N)cc1F. The molecule has 0 saturated heterocycles. The zero-order chi connectivity index (χ0) is 12.7. The molecule has 1 atom stereocenters. The van der Waals surface area contributed by atoms with Gasteiger partial charge >= 0.3 is 0 Å². The van der Waals surface area contributed by atoms with Gasteiger partial charge in [0.15, 0.2) is 11.6 Å². The summed E-state index contributed by atoms with van der Waals surface area (Å²) in [6.07, 6.45) is 0.752. The van der Waals surface area contributed by atoms with E-state index in [0.717, 1.165) is 12.0 Å². The van der Waals surface area contributed by atoms with Crippen LogP contribution in [0.3, 0.4) is 0 Å². The van der Waals surface area contributed by atoms with Crippen molar-refractivity contribution in [1.82, 2.24) is 0 Å². The second-order valence-electron chi connectivity index (χ2n) is 3.88. The van der Waals surface area contributed by atoms with Gasteiger partial charge in [-0.2, -0.15) is 0 Å². The first-order valence-corrected chi connectivity index (χ1v) is 5.90. The van der Waals surface area contributed by atoms with Crippen LogP contribution in [0.4, 0.5) is 4.39 Å². The Labute approximate surface area is 102 Å². The predicted octanol–water partition coefficient (Wildman–Crippen LogP) is 2.65. The van der Waals surface area contributed by atoms with Crippen LogP contribution in [0.15, 0.2) is 18.2 Å². The summed E-state index contributed by atoms with van der Waals surface area (Å²) in [6, 6.07) is 4.65. The number of hydrogen-bond donors (Lipinski definition) is 1. The van der Waals surface area contributed by atoms with Gasteiger partial charge in [0.1, 0.15) is 0 Å². The van der Waals surface area contributed by atoms with Crippen molar-refractivity contribution in [2.75, 3.05) is 19.8 Å². The van der Waals surface area contributed by atoms with Gasteiger partial charge in [-0.25, -0.2) is 4.39 Å². The van der Waals surface area contributed by atoms with Crippen molar-refractivity contribution in [2.45, 2.75) is 26.3 Å². The molecule has 0 bridgehead atoms. The highest BCUT2D eigenvalue weighted by Gasteiger charge is 2.06. The molecule has 0 saturated carbocycles. The zero-order valence-corrected chi connectivity index (χ0v) is 10.4. The van der Waals surface area contributed by atoms with E-state index in [1.54, 1.807) is 12.1 Å². The van der Waals surface area contributed by atoms with Crippen molar-refractivity contribution in [3.8, 4) is 5.75 Å². The molecule has 1 rings (SSSR count). The molecule has 1 aromatic rings. The first-order chi connectivity index (χ1) is 8.15. The fraction of sp³-hybridized carbons (Fsp3) is 0.538. The van der Waals surface area contributed by atoms with Gasteiger partial charge in [-0.1, -0.05) is 6.07 Å². The number of rotatable bonds is 7. The molecule has 0 fully saturated rings. The van der Waals surface area contributed by atoms with E-state index in [-0.39, 0.29) is 17.6 Å². The highest BCUT2D eigenvalue weighted by Crippen LogP contribution is 2.21. The van der Waals surface area contributed by atoms with E-state index in [9.17, 15) is 4.39 Å². The molecule has 0 aromatic heterocycles. The summed E-state index contributed by atoms with van der Waals surface area (Å²) in [5.41, 5.74) is 6.43. The van der Waals surface area contributed by atoms with E-state index in [0.29, 0.717) is 19.8 Å². The summed E-state index contributed by atoms with van der Waals surface area (Å²) in [5, 5.41) is 0. The topological polar surface area (TPSA) is 44.5 Å². The van der Waals surface area contributed by atoms with Crippen molar-refractivity contribution in [3.63, 3.8) is 0 Å². The number of nitrogens with two attached hydrogens (primary N) is 1. The molecular weight excluding hydrogens is 221 g/mol. The van der Waals surface area contributed by atoms with Crippen molar-refractivity contribution in [1.29, 1.82) is 0 Å². The third kappa shape index (κ3) is 4.71. The number of hydrogen-bond acceptors (Lipinski definition) is 3. The second-order valence-corrected chi connectivity index (χ2v) is 3.88. The first-order valence-electron chi connectivity index (χ1n) is 5.90. The van der Waals surface area contributed by atoms with Crippen LogP contribution in [0.2, 0.25) is 0 Å². The highest BCUT2D eigenvalue weighted by molar-refractivity contribution is 5.30. The van der Waals surface area contributed by atoms with E-state index in [4.69, 9.17) is 15.2 Å². The smallest absolute Gasteiger partial charge is 0.165 e. The molecule has 0 unspecified atom stereocenters. The van der Waals surface area contributed by atoms with Gasteiger partial charge in [0.2, 0.25) is 0 Å². The Bertz CT molecular complexity index is 342. The minimum atomic E-state index is -0.365. The average molecular weight is 241 g/mol. The molecule has 3 nitrogen and oxygen atoms in total. The van der Waals surface area contributed by atoms with E-state index in [1.807, 2.05) is 13.8 Å². The standard InChI is InChI=1S/C13H20FNO2/c1-3-16-7-4-8-17-13-6-5-11(10(2)15)9-12(13)14/h5-6,9-10H,3-4,7-8,15H2,1-2H3/t10-/m1/s1. The Hall–Kier alpha value is -1.13. The molecule has 17 heavy (non-hydrogen) atoms. The van der Waals surface area contributed by atoms with Crippen LogP contribution in [0, 0.1) is 5.82 Å². The van der Waals surface area contributed by atoms with Gasteiger partial charge in [0.05, 0.1) is 6.61 Å². The van der Waals surface area contributed by atoms with Crippen LogP contribution >= 0.6 is 0 Å². The lowest BCUT2D eigenvalue weighted by atomic mass is 10.1. The molecule has 0 radical (unpaired) electrons. The van der Waals surface area contributed by atoms with Crippen LogP contribution in [-0.4, -0.2) is 19.8 Å². The highest BCUT2D eigenvalue weighted by atomic mass is 19.1. The summed E-state index contributed by atoms with van der Waals surface area (Å²) in [5.74, 6) is -0.0953. The predicted molar refractivity (Wildman–Crippen MR) is 65.6 cm³/mol. The van der Waals surface area contributed by atoms with E-state index >= 15 is 0 Å². The third-order valence-electron chi connectivity index (χ3n) is 2.38. The molecule has 0 spiro atoms. The Kier molecular flexibility index (Phi) is 5.94. The fourth-order valence-corrected chi connectivity index (χ4v) is 1.40. The Morgan fingerprint density at radius 3 is 2.71 bits per heavy atom. The number of halogens is 1. The van der Waals surface area contributed by atoms with Gasteiger partial charge in [0, 0.05) is 25.7 Å². The summed E-state index contributed by atoms with van der Waals surface area (Å²) >= 11 is 0. The maximum absolute atomic E-state index is 13.6. The quantitative estimate of drug-likeness (QED) is 0.746. The third-order valence-corrected chi connectivity index (χ3v) is 2.38. The maximum Gasteiger partial charge on any atom is 0.165 e. The molecule has 4 heteroatoms. The van der Waals surface area contributed by atoms with Gasteiger partial charge in [-0.15, -0.1) is 0 Å². The summed E-state index contributed by atoms with van der Waals surface area (Å²) in [6.45, 7) is 5.53. The van der Waals surface area contributed by atoms with Gasteiger partial charge in [-0.05, 0) is 31.5 Å². The molecule has 2 N–H and O–H groups in total. The van der Waals surface area contributed by atoms with Crippen molar-refractivity contribution < 1.29 is 13.9 Å². The lowest BCUT2D eigenvalue weighted by Gasteiger charge is -2.10. The van der Waals surface area contributed by atoms with E-state index in [1.165, 1.54) is 6.07 Å². The van der Waals surface area contributed by atoms with Crippen LogP contribution < -0.4 is 10.5 Å². The minimum absolute atomic E-state index is 0.170. The summed E-state index contributed by atoms with van der Waals surface area (Å²) < 4.78 is 24.1. The number of ether oxygens (including phenoxy) is 2. The Balaban J connectivity index is 2.43. The van der Waals surface area contributed by atoms with Crippen molar-refractivity contribution >= 4 is 0 Å². The minimum Gasteiger partial charge on any atom is -0.490 e. The van der Waals surface area contributed by atoms with Crippen molar-refractivity contribution in [3.05, 3.63) is 29.6 Å². The lowest BCUT2D eigenvalue weighted by Crippen LogP contribution is -2.07. The van der Waals surface area contributed by atoms with Gasteiger partial charge in [-0.3, -0.25) is 0 Å². The van der Waals surface area contributed by atoms with Crippen LogP contribution in [0.5, 0.6) is 5.75 Å². The molecule has 0 amide bonds. The first kappa shape index (κ1) is 13.9. The van der Waals surface area contributed by atoms with Crippen LogP contribution in [-0.2, 0) is 4.74 Å². The van der Waals surface area contributed by atoms with Crippen LogP contribution in [0.1, 0.15) is 31.9 Å². The summed E-state index contributed by atoms with van der Waals surface area (Å²) in [7, 11) is 0. The molecule has 0 aliphatic rings. The van der Waals surface area contributed by atoms with Crippen LogP contribution in [0.25, 0.3) is 0 Å². The zero-order valence-electron chi connectivity index (χ0n) is 10.4. The van der Waals surface area contributed by atoms with E-state index < -0.39 is 0 Å². The monoisotopic (exact) mass is 241 g/mol. The molecule has 0 aliphatic carbocycles. The number of benzene rings is 1. The lowest BCUT2D eigenvalue weighted by molar-refractivity contribution is 0.130. The second kappa shape index (κ2) is 7.25. The van der Waals surface area contributed by atoms with Gasteiger partial charge < -0.3 is 15.2 Å². The fourth-order valence-electron chi connectivity index (χ4n) is 1.40. The summed E-state index contributed by atoms with van der Waals surface area (Å²) in [4.78, 5) is 0. The molecule has 0 heterocycles. The van der Waals surface area contributed by atoms with Gasteiger partial charge in [0.25, 0.3) is 0 Å².